The zero-order chi connectivity index (χ0) is 23.8. The number of nitrogens with zero attached hydrogens (tertiary/aromatic N) is 2. The fourth-order valence-electron chi connectivity index (χ4n) is 3.18. The zero-order valence-electron chi connectivity index (χ0n) is 19.5. The highest BCUT2D eigenvalue weighted by Gasteiger charge is 2.29. The highest BCUT2D eigenvalue weighted by molar-refractivity contribution is 5.98. The van der Waals surface area contributed by atoms with Crippen LogP contribution in [0.1, 0.15) is 56.0 Å². The molecule has 1 saturated carbocycles. The SMILES string of the molecule is CC(C)(C)OC(=O)N(CCCNC(=O)c1cccc(NC(=O)C2CC2)c1)Cc1cccnc1. The molecule has 0 aliphatic heterocycles. The maximum atomic E-state index is 12.7. The number of rotatable bonds is 9. The third-order valence-electron chi connectivity index (χ3n) is 4.98. The van der Waals surface area contributed by atoms with Crippen molar-refractivity contribution in [3.05, 3.63) is 59.9 Å². The van der Waals surface area contributed by atoms with Crippen LogP contribution in [0.15, 0.2) is 48.8 Å². The third kappa shape index (κ3) is 8.21. The Bertz CT molecular complexity index is 968. The molecule has 0 radical (unpaired) electrons. The number of hydrogen-bond donors (Lipinski definition) is 2. The van der Waals surface area contributed by atoms with E-state index in [-0.39, 0.29) is 17.7 Å². The average molecular weight is 453 g/mol. The van der Waals surface area contributed by atoms with Crippen molar-refractivity contribution in [2.75, 3.05) is 18.4 Å². The van der Waals surface area contributed by atoms with Crippen molar-refractivity contribution in [3.63, 3.8) is 0 Å². The Balaban J connectivity index is 1.51. The fraction of sp³-hybridized carbons (Fsp3) is 0.440. The molecule has 8 heteroatoms. The first-order valence-corrected chi connectivity index (χ1v) is 11.3. The van der Waals surface area contributed by atoms with Gasteiger partial charge in [-0.15, -0.1) is 0 Å². The lowest BCUT2D eigenvalue weighted by molar-refractivity contribution is -0.117. The summed E-state index contributed by atoms with van der Waals surface area (Å²) in [6, 6.07) is 10.6. The molecule has 8 nitrogen and oxygen atoms in total. The van der Waals surface area contributed by atoms with E-state index in [0.717, 1.165) is 18.4 Å². The number of benzene rings is 1. The van der Waals surface area contributed by atoms with E-state index >= 15 is 0 Å². The topological polar surface area (TPSA) is 101 Å². The second-order valence-electron chi connectivity index (χ2n) is 9.22. The number of amides is 3. The summed E-state index contributed by atoms with van der Waals surface area (Å²) < 4.78 is 5.53. The first kappa shape index (κ1) is 24.2. The van der Waals surface area contributed by atoms with E-state index in [9.17, 15) is 14.4 Å². The molecule has 3 amide bonds. The number of nitrogens with one attached hydrogen (secondary N) is 2. The minimum atomic E-state index is -0.599. The largest absolute Gasteiger partial charge is 0.444 e. The van der Waals surface area contributed by atoms with Gasteiger partial charge in [0.25, 0.3) is 5.91 Å². The van der Waals surface area contributed by atoms with Crippen molar-refractivity contribution in [2.24, 2.45) is 5.92 Å². The number of aromatic nitrogens is 1. The Labute approximate surface area is 194 Å². The summed E-state index contributed by atoms with van der Waals surface area (Å²) in [5.74, 6) is -0.126. The Morgan fingerprint density at radius 2 is 1.94 bits per heavy atom. The summed E-state index contributed by atoms with van der Waals surface area (Å²) in [6.07, 6.45) is 5.40. The molecule has 0 saturated heterocycles. The van der Waals surface area contributed by atoms with Gasteiger partial charge in [0.2, 0.25) is 5.91 Å². The Hall–Kier alpha value is -3.42. The van der Waals surface area contributed by atoms with Crippen molar-refractivity contribution in [3.8, 4) is 0 Å². The molecule has 1 aliphatic carbocycles. The third-order valence-corrected chi connectivity index (χ3v) is 4.98. The van der Waals surface area contributed by atoms with Gasteiger partial charge in [-0.1, -0.05) is 12.1 Å². The van der Waals surface area contributed by atoms with Gasteiger partial charge in [0.05, 0.1) is 6.54 Å². The van der Waals surface area contributed by atoms with Crippen molar-refractivity contribution >= 4 is 23.6 Å². The molecule has 0 bridgehead atoms. The molecule has 176 valence electrons. The van der Waals surface area contributed by atoms with Gasteiger partial charge in [0, 0.05) is 42.7 Å². The predicted molar refractivity (Wildman–Crippen MR) is 126 cm³/mol. The molecule has 2 aromatic rings. The summed E-state index contributed by atoms with van der Waals surface area (Å²) in [4.78, 5) is 42.9. The summed E-state index contributed by atoms with van der Waals surface area (Å²) >= 11 is 0. The van der Waals surface area contributed by atoms with Crippen LogP contribution in [0.5, 0.6) is 0 Å². The van der Waals surface area contributed by atoms with Gasteiger partial charge >= 0.3 is 6.09 Å². The number of hydrogen-bond acceptors (Lipinski definition) is 5. The van der Waals surface area contributed by atoms with Crippen molar-refractivity contribution in [1.82, 2.24) is 15.2 Å². The molecule has 1 aromatic heterocycles. The summed E-state index contributed by atoms with van der Waals surface area (Å²) in [7, 11) is 0. The first-order valence-electron chi connectivity index (χ1n) is 11.3. The van der Waals surface area contributed by atoms with Gasteiger partial charge in [-0.3, -0.25) is 14.6 Å². The number of pyridine rings is 1. The minimum absolute atomic E-state index is 0.00316. The molecular weight excluding hydrogens is 420 g/mol. The van der Waals surface area contributed by atoms with Gasteiger partial charge in [-0.05, 0) is 69.9 Å². The summed E-state index contributed by atoms with van der Waals surface area (Å²) in [5.41, 5.74) is 1.39. The lowest BCUT2D eigenvalue weighted by Gasteiger charge is -2.27. The van der Waals surface area contributed by atoms with E-state index in [4.69, 9.17) is 4.74 Å². The lowest BCUT2D eigenvalue weighted by Crippen LogP contribution is -2.38. The highest BCUT2D eigenvalue weighted by Crippen LogP contribution is 2.30. The molecule has 0 spiro atoms. The molecule has 0 atom stereocenters. The van der Waals surface area contributed by atoms with E-state index in [1.165, 1.54) is 0 Å². The second-order valence-corrected chi connectivity index (χ2v) is 9.22. The second kappa shape index (κ2) is 10.9. The van der Waals surface area contributed by atoms with Crippen molar-refractivity contribution in [1.29, 1.82) is 0 Å². The van der Waals surface area contributed by atoms with Crippen LogP contribution >= 0.6 is 0 Å². The van der Waals surface area contributed by atoms with E-state index < -0.39 is 11.7 Å². The smallest absolute Gasteiger partial charge is 0.410 e. The quantitative estimate of drug-likeness (QED) is 0.561. The Morgan fingerprint density at radius 3 is 2.61 bits per heavy atom. The van der Waals surface area contributed by atoms with Gasteiger partial charge in [0.1, 0.15) is 5.60 Å². The molecule has 33 heavy (non-hydrogen) atoms. The maximum absolute atomic E-state index is 12.7. The average Bonchev–Trinajstić information content (AvgIpc) is 3.61. The molecule has 2 N–H and O–H groups in total. The Kier molecular flexibility index (Phi) is 8.03. The van der Waals surface area contributed by atoms with Crippen molar-refractivity contribution < 1.29 is 19.1 Å². The zero-order valence-corrected chi connectivity index (χ0v) is 19.5. The first-order chi connectivity index (χ1) is 15.7. The molecule has 1 aliphatic rings. The van der Waals surface area contributed by atoms with E-state index in [1.54, 1.807) is 41.6 Å². The van der Waals surface area contributed by atoms with Crippen molar-refractivity contribution in [2.45, 2.75) is 52.2 Å². The molecule has 1 aromatic carbocycles. The van der Waals surface area contributed by atoms with Crippen LogP contribution in [0.25, 0.3) is 0 Å². The number of carbonyl (C=O) groups excluding carboxylic acids is 3. The molecule has 0 unspecified atom stereocenters. The highest BCUT2D eigenvalue weighted by atomic mass is 16.6. The number of ether oxygens (including phenoxy) is 1. The van der Waals surface area contributed by atoms with Crippen LogP contribution in [-0.2, 0) is 16.1 Å². The summed E-state index contributed by atoms with van der Waals surface area (Å²) in [5, 5.41) is 5.73. The van der Waals surface area contributed by atoms with Crippen LogP contribution in [0.3, 0.4) is 0 Å². The summed E-state index contributed by atoms with van der Waals surface area (Å²) in [6.45, 7) is 6.67. The normalized spacial score (nSPS) is 13.2. The molecule has 1 heterocycles. The Morgan fingerprint density at radius 1 is 1.15 bits per heavy atom. The number of anilines is 1. The fourth-order valence-corrected chi connectivity index (χ4v) is 3.18. The van der Waals surface area contributed by atoms with Gasteiger partial charge in [-0.2, -0.15) is 0 Å². The van der Waals surface area contributed by atoms with Gasteiger partial charge < -0.3 is 20.3 Å². The minimum Gasteiger partial charge on any atom is -0.444 e. The maximum Gasteiger partial charge on any atom is 0.410 e. The van der Waals surface area contributed by atoms with E-state index in [0.29, 0.717) is 37.3 Å². The molecule has 3 rings (SSSR count). The van der Waals surface area contributed by atoms with Crippen LogP contribution in [0.2, 0.25) is 0 Å². The molecular formula is C25H32N4O4. The van der Waals surface area contributed by atoms with Crippen LogP contribution in [-0.4, -0.2) is 46.5 Å². The van der Waals surface area contributed by atoms with Gasteiger partial charge in [0.15, 0.2) is 0 Å². The van der Waals surface area contributed by atoms with E-state index in [1.807, 2.05) is 32.9 Å². The lowest BCUT2D eigenvalue weighted by atomic mass is 10.2. The predicted octanol–water partition coefficient (Wildman–Crippen LogP) is 3.99. The molecule has 1 fully saturated rings. The van der Waals surface area contributed by atoms with Crippen LogP contribution < -0.4 is 10.6 Å². The standard InChI is InChI=1S/C25H32N4O4/c1-25(2,3)33-24(32)29(17-18-7-5-12-26-16-18)14-6-13-27-22(30)20-8-4-9-21(15-20)28-23(31)19-10-11-19/h4-5,7-9,12,15-16,19H,6,10-11,13-14,17H2,1-3H3,(H,27,30)(H,28,31). The van der Waals surface area contributed by atoms with Crippen LogP contribution in [0, 0.1) is 5.92 Å². The van der Waals surface area contributed by atoms with Gasteiger partial charge in [-0.25, -0.2) is 4.79 Å². The number of carbonyl (C=O) groups is 3. The monoisotopic (exact) mass is 452 g/mol. The van der Waals surface area contributed by atoms with Crippen LogP contribution in [0.4, 0.5) is 10.5 Å². The van der Waals surface area contributed by atoms with E-state index in [2.05, 4.69) is 15.6 Å².